The van der Waals surface area contributed by atoms with Crippen LogP contribution in [-0.4, -0.2) is 76.6 Å². The third-order valence-electron chi connectivity index (χ3n) is 5.85. The molecule has 5 atom stereocenters. The standard InChI is InChI=1S/C24H26F3NO10S/c1-12(2)36-18-9-15(10-28)14(7-13-3-5-16(6-4-13)38-39(34,35)24(25,26)27)8-17(18)23(33)22(32)21(31)20(30)19(11-29)37-23/h3-6,8-9,12,19-22,29-33H,7,11H2,1-2H3/t19-,20-,21+,22-,23-/m1/s1. The second-order valence-electron chi connectivity index (χ2n) is 9.05. The Balaban J connectivity index is 2.04. The Morgan fingerprint density at radius 1 is 1.13 bits per heavy atom. The molecule has 5 N–H and O–H groups in total. The average molecular weight is 578 g/mol. The monoisotopic (exact) mass is 577 g/mol. The second-order valence-corrected chi connectivity index (χ2v) is 10.6. The second kappa shape index (κ2) is 11.3. The fourth-order valence-corrected chi connectivity index (χ4v) is 4.40. The molecule has 0 radical (unpaired) electrons. The van der Waals surface area contributed by atoms with Gasteiger partial charge in [0.2, 0.25) is 5.79 Å². The number of rotatable bonds is 8. The summed E-state index contributed by atoms with van der Waals surface area (Å²) in [6.45, 7) is 2.46. The van der Waals surface area contributed by atoms with Crippen LogP contribution in [0.15, 0.2) is 36.4 Å². The number of ether oxygens (including phenoxy) is 2. The Morgan fingerprint density at radius 3 is 2.26 bits per heavy atom. The SMILES string of the molecule is CC(C)Oc1cc(C#N)c(Cc2ccc(OS(=O)(=O)C(F)(F)F)cc2)cc1[C@@]1(O)O[C@H](CO)[C@@H](O)[C@H](O)[C@H]1O. The molecule has 2 aromatic rings. The molecule has 0 unspecified atom stereocenters. The highest BCUT2D eigenvalue weighted by atomic mass is 32.2. The zero-order valence-electron chi connectivity index (χ0n) is 20.5. The lowest BCUT2D eigenvalue weighted by Crippen LogP contribution is -2.63. The molecule has 1 aliphatic heterocycles. The van der Waals surface area contributed by atoms with Gasteiger partial charge >= 0.3 is 15.6 Å². The zero-order valence-corrected chi connectivity index (χ0v) is 21.3. The van der Waals surface area contributed by atoms with E-state index in [0.717, 1.165) is 12.1 Å². The molecule has 1 fully saturated rings. The Kier molecular flexibility index (Phi) is 8.82. The summed E-state index contributed by atoms with van der Waals surface area (Å²) < 4.78 is 75.4. The molecule has 11 nitrogen and oxygen atoms in total. The van der Waals surface area contributed by atoms with Crippen molar-refractivity contribution in [3.63, 3.8) is 0 Å². The Bertz CT molecular complexity index is 1330. The Labute approximate surface area is 221 Å². The van der Waals surface area contributed by atoms with Crippen LogP contribution in [0.25, 0.3) is 0 Å². The number of hydrogen-bond donors (Lipinski definition) is 5. The molecule has 39 heavy (non-hydrogen) atoms. The Morgan fingerprint density at radius 2 is 1.74 bits per heavy atom. The lowest BCUT2D eigenvalue weighted by Gasteiger charge is -2.46. The molecule has 2 aromatic carbocycles. The van der Waals surface area contributed by atoms with Crippen LogP contribution in [0, 0.1) is 11.3 Å². The summed E-state index contributed by atoms with van der Waals surface area (Å²) in [7, 11) is -5.87. The van der Waals surface area contributed by atoms with Crippen molar-refractivity contribution in [1.29, 1.82) is 5.26 Å². The summed E-state index contributed by atoms with van der Waals surface area (Å²) in [4.78, 5) is 0. The first-order chi connectivity index (χ1) is 18.0. The van der Waals surface area contributed by atoms with Crippen LogP contribution in [0.2, 0.25) is 0 Å². The number of halogens is 3. The minimum absolute atomic E-state index is 0.0440. The molecule has 1 saturated heterocycles. The summed E-state index contributed by atoms with van der Waals surface area (Å²) in [5, 5.41) is 61.7. The molecule has 0 amide bonds. The van der Waals surface area contributed by atoms with E-state index in [1.807, 2.05) is 6.07 Å². The minimum Gasteiger partial charge on any atom is -0.490 e. The van der Waals surface area contributed by atoms with Gasteiger partial charge in [-0.1, -0.05) is 12.1 Å². The van der Waals surface area contributed by atoms with E-state index < -0.39 is 64.3 Å². The molecule has 15 heteroatoms. The van der Waals surface area contributed by atoms with Crippen LogP contribution in [0.1, 0.15) is 36.1 Å². The van der Waals surface area contributed by atoms with E-state index in [0.29, 0.717) is 5.56 Å². The van der Waals surface area contributed by atoms with Gasteiger partial charge in [-0.2, -0.15) is 26.9 Å². The Hall–Kier alpha value is -2.97. The maximum absolute atomic E-state index is 12.6. The normalized spacial score (nSPS) is 25.8. The molecule has 1 aliphatic rings. The fourth-order valence-electron chi connectivity index (χ4n) is 3.94. The van der Waals surface area contributed by atoms with Gasteiger partial charge in [0.15, 0.2) is 0 Å². The van der Waals surface area contributed by atoms with Gasteiger partial charge in [-0.05, 0) is 55.7 Å². The first-order valence-corrected chi connectivity index (χ1v) is 12.8. The van der Waals surface area contributed by atoms with Gasteiger partial charge in [-0.25, -0.2) is 0 Å². The fraction of sp³-hybridized carbons (Fsp3) is 0.458. The first-order valence-electron chi connectivity index (χ1n) is 11.4. The molecule has 0 bridgehead atoms. The van der Waals surface area contributed by atoms with E-state index in [9.17, 15) is 52.4 Å². The van der Waals surface area contributed by atoms with Crippen molar-refractivity contribution < 1.29 is 60.8 Å². The minimum atomic E-state index is -5.87. The van der Waals surface area contributed by atoms with Crippen molar-refractivity contribution in [3.05, 3.63) is 58.7 Å². The smallest absolute Gasteiger partial charge is 0.490 e. The van der Waals surface area contributed by atoms with E-state index in [2.05, 4.69) is 4.18 Å². The van der Waals surface area contributed by atoms with E-state index >= 15 is 0 Å². The molecule has 0 spiro atoms. The number of aliphatic hydroxyl groups excluding tert-OH is 4. The number of hydrogen-bond acceptors (Lipinski definition) is 11. The largest absolute Gasteiger partial charge is 0.534 e. The summed E-state index contributed by atoms with van der Waals surface area (Å²) in [6.07, 6.45) is -7.86. The van der Waals surface area contributed by atoms with Crippen molar-refractivity contribution in [2.75, 3.05) is 6.61 Å². The van der Waals surface area contributed by atoms with Gasteiger partial charge in [0.1, 0.15) is 35.9 Å². The molecule has 0 aromatic heterocycles. The number of benzene rings is 2. The van der Waals surface area contributed by atoms with E-state index in [1.165, 1.54) is 24.3 Å². The lowest BCUT2D eigenvalue weighted by molar-refractivity contribution is -0.358. The van der Waals surface area contributed by atoms with Gasteiger partial charge in [-0.3, -0.25) is 0 Å². The van der Waals surface area contributed by atoms with Crippen LogP contribution in [0.5, 0.6) is 11.5 Å². The van der Waals surface area contributed by atoms with Crippen LogP contribution in [0.3, 0.4) is 0 Å². The molecule has 0 saturated carbocycles. The van der Waals surface area contributed by atoms with Gasteiger partial charge in [0.05, 0.1) is 29.9 Å². The molecule has 3 rings (SSSR count). The van der Waals surface area contributed by atoms with Gasteiger partial charge < -0.3 is 39.2 Å². The summed E-state index contributed by atoms with van der Waals surface area (Å²) in [6, 6.07) is 8.91. The van der Waals surface area contributed by atoms with E-state index in [1.54, 1.807) is 13.8 Å². The van der Waals surface area contributed by atoms with Crippen molar-refractivity contribution in [2.24, 2.45) is 0 Å². The molecular formula is C24H26F3NO10S. The highest BCUT2D eigenvalue weighted by Crippen LogP contribution is 2.42. The number of alkyl halides is 3. The number of aliphatic hydroxyl groups is 5. The molecule has 1 heterocycles. The zero-order chi connectivity index (χ0) is 29.3. The third-order valence-corrected chi connectivity index (χ3v) is 6.83. The maximum atomic E-state index is 12.6. The van der Waals surface area contributed by atoms with Crippen molar-refractivity contribution in [2.45, 2.75) is 62.1 Å². The maximum Gasteiger partial charge on any atom is 0.534 e. The quantitative estimate of drug-likeness (QED) is 0.220. The lowest BCUT2D eigenvalue weighted by atomic mass is 9.85. The first kappa shape index (κ1) is 30.6. The van der Waals surface area contributed by atoms with Gasteiger partial charge in [0.25, 0.3) is 0 Å². The highest BCUT2D eigenvalue weighted by Gasteiger charge is 2.55. The van der Waals surface area contributed by atoms with Crippen molar-refractivity contribution in [1.82, 2.24) is 0 Å². The van der Waals surface area contributed by atoms with Crippen molar-refractivity contribution >= 4 is 10.1 Å². The summed E-state index contributed by atoms with van der Waals surface area (Å²) in [5.41, 5.74) is -5.21. The topological polar surface area (TPSA) is 187 Å². The van der Waals surface area contributed by atoms with Crippen LogP contribution in [-0.2, 0) is 27.1 Å². The third kappa shape index (κ3) is 6.28. The summed E-state index contributed by atoms with van der Waals surface area (Å²) in [5.74, 6) is -3.41. The molecular weight excluding hydrogens is 551 g/mol. The highest BCUT2D eigenvalue weighted by molar-refractivity contribution is 7.88. The predicted octanol–water partition coefficient (Wildman–Crippen LogP) is 0.784. The molecule has 0 aliphatic carbocycles. The van der Waals surface area contributed by atoms with E-state index in [4.69, 9.17) is 9.47 Å². The van der Waals surface area contributed by atoms with Crippen LogP contribution < -0.4 is 8.92 Å². The van der Waals surface area contributed by atoms with Gasteiger partial charge in [0, 0.05) is 0 Å². The number of nitriles is 1. The van der Waals surface area contributed by atoms with Gasteiger partial charge in [-0.15, -0.1) is 0 Å². The summed E-state index contributed by atoms with van der Waals surface area (Å²) >= 11 is 0. The van der Waals surface area contributed by atoms with E-state index in [-0.39, 0.29) is 28.9 Å². The number of nitrogens with zero attached hydrogens (tertiary/aromatic N) is 1. The predicted molar refractivity (Wildman–Crippen MR) is 126 cm³/mol. The van der Waals surface area contributed by atoms with Crippen LogP contribution in [0.4, 0.5) is 13.2 Å². The van der Waals surface area contributed by atoms with Crippen molar-refractivity contribution in [3.8, 4) is 17.6 Å². The molecule has 214 valence electrons. The average Bonchev–Trinajstić information content (AvgIpc) is 2.85. The van der Waals surface area contributed by atoms with Crippen LogP contribution >= 0.6 is 0 Å².